The van der Waals surface area contributed by atoms with Gasteiger partial charge in [-0.3, -0.25) is 14.6 Å². The van der Waals surface area contributed by atoms with Gasteiger partial charge in [0.15, 0.2) is 17.3 Å². The van der Waals surface area contributed by atoms with Gasteiger partial charge < -0.3 is 18.9 Å². The smallest absolute Gasteiger partial charge is 0.271 e. The van der Waals surface area contributed by atoms with E-state index in [1.165, 1.54) is 0 Å². The average Bonchev–Trinajstić information content (AvgIpc) is 3.07. The zero-order valence-corrected chi connectivity index (χ0v) is 19.0. The molecule has 0 spiro atoms. The number of nitrogens with zero attached hydrogens (tertiary/aromatic N) is 2. The Bertz CT molecular complexity index is 1090. The maximum atomic E-state index is 13.1. The third kappa shape index (κ3) is 3.63. The lowest BCUT2D eigenvalue weighted by molar-refractivity contribution is -0.0705. The topological polar surface area (TPSA) is 87.1 Å². The molecule has 4 heterocycles. The molecule has 0 radical (unpaired) electrons. The third-order valence-electron chi connectivity index (χ3n) is 5.94. The summed E-state index contributed by atoms with van der Waals surface area (Å²) in [5.74, 6) is 2.57. The molecule has 1 aromatic heterocycles. The number of aromatic nitrogens is 2. The number of thioether (sulfide) groups is 1. The van der Waals surface area contributed by atoms with E-state index in [9.17, 15) is 4.79 Å². The fourth-order valence-corrected chi connectivity index (χ4v) is 5.66. The number of fused-ring (bicyclic) bond motifs is 2. The number of benzene rings is 1. The number of ether oxygens (including phenoxy) is 4. The molecular weight excluding hydrogens is 418 g/mol. The minimum absolute atomic E-state index is 0.109. The van der Waals surface area contributed by atoms with Crippen LogP contribution in [-0.2, 0) is 4.74 Å². The number of aromatic amines is 1. The first-order valence-corrected chi connectivity index (χ1v) is 11.4. The standard InChI is InChI=1S/C22H27N3O5S/c1-12-23-20-17(21(26)24-25(20)14-5-6-30-22(2,3)11-14)19(31-12)13-9-15(27-4)18-16(10-13)28-7-8-29-18/h9-10,14,19H,5-8,11H2,1-4H3,(H,24,26)/t14-,19-/m0/s1. The molecule has 0 aliphatic carbocycles. The average molecular weight is 446 g/mol. The van der Waals surface area contributed by atoms with Crippen molar-refractivity contribution in [2.45, 2.75) is 50.5 Å². The fraction of sp³-hybridized carbons (Fsp3) is 0.545. The lowest BCUT2D eigenvalue weighted by Crippen LogP contribution is -2.35. The molecule has 0 amide bonds. The monoisotopic (exact) mass is 445 g/mol. The quantitative estimate of drug-likeness (QED) is 0.769. The third-order valence-corrected chi connectivity index (χ3v) is 7.11. The summed E-state index contributed by atoms with van der Waals surface area (Å²) in [5, 5.41) is 3.77. The van der Waals surface area contributed by atoms with Gasteiger partial charge in [0.1, 0.15) is 13.2 Å². The number of H-pyrrole nitrogens is 1. The van der Waals surface area contributed by atoms with Gasteiger partial charge in [0.05, 0.1) is 34.6 Å². The van der Waals surface area contributed by atoms with Crippen molar-refractivity contribution in [3.8, 4) is 17.2 Å². The highest BCUT2D eigenvalue weighted by atomic mass is 32.2. The first-order valence-electron chi connectivity index (χ1n) is 10.5. The first kappa shape index (κ1) is 20.5. The number of methoxy groups -OCH3 is 1. The highest BCUT2D eigenvalue weighted by Crippen LogP contribution is 2.49. The predicted molar refractivity (Wildman–Crippen MR) is 120 cm³/mol. The van der Waals surface area contributed by atoms with Crippen LogP contribution >= 0.6 is 11.8 Å². The zero-order valence-electron chi connectivity index (χ0n) is 18.2. The number of hydrogen-bond acceptors (Lipinski definition) is 7. The van der Waals surface area contributed by atoms with Crippen LogP contribution in [-0.4, -0.2) is 47.4 Å². The van der Waals surface area contributed by atoms with Crippen LogP contribution in [0.15, 0.2) is 21.9 Å². The van der Waals surface area contributed by atoms with Crippen LogP contribution < -0.4 is 19.8 Å². The van der Waals surface area contributed by atoms with Gasteiger partial charge in [0, 0.05) is 6.61 Å². The summed E-state index contributed by atoms with van der Waals surface area (Å²) < 4.78 is 24.9. The van der Waals surface area contributed by atoms with E-state index in [-0.39, 0.29) is 22.5 Å². The van der Waals surface area contributed by atoms with Crippen LogP contribution in [0.5, 0.6) is 17.2 Å². The van der Waals surface area contributed by atoms with Crippen molar-refractivity contribution in [1.82, 2.24) is 9.78 Å². The van der Waals surface area contributed by atoms with Crippen molar-refractivity contribution in [3.05, 3.63) is 33.6 Å². The van der Waals surface area contributed by atoms with Gasteiger partial charge in [-0.15, -0.1) is 0 Å². The molecule has 0 saturated carbocycles. The maximum absolute atomic E-state index is 13.1. The SMILES string of the molecule is COc1cc([C@@H]2SC(C)=Nc3c2c(=O)[nH]n3[C@H]2CCOC(C)(C)C2)cc2c1OCCO2. The van der Waals surface area contributed by atoms with E-state index < -0.39 is 0 Å². The minimum Gasteiger partial charge on any atom is -0.493 e. The largest absolute Gasteiger partial charge is 0.493 e. The van der Waals surface area contributed by atoms with Crippen molar-refractivity contribution >= 4 is 22.6 Å². The Hall–Kier alpha value is -2.39. The van der Waals surface area contributed by atoms with E-state index in [0.717, 1.165) is 23.4 Å². The van der Waals surface area contributed by atoms with Crippen LogP contribution in [0.25, 0.3) is 0 Å². The first-order chi connectivity index (χ1) is 14.9. The van der Waals surface area contributed by atoms with Gasteiger partial charge in [-0.1, -0.05) is 11.8 Å². The van der Waals surface area contributed by atoms with Crippen LogP contribution in [0.3, 0.4) is 0 Å². The molecule has 0 unspecified atom stereocenters. The summed E-state index contributed by atoms with van der Waals surface area (Å²) in [6.45, 7) is 7.78. The van der Waals surface area contributed by atoms with Crippen molar-refractivity contribution in [3.63, 3.8) is 0 Å². The summed E-state index contributed by atoms with van der Waals surface area (Å²) in [6, 6.07) is 4.02. The molecule has 166 valence electrons. The second kappa shape index (κ2) is 7.63. The minimum atomic E-state index is -0.234. The molecule has 2 aromatic rings. The number of rotatable bonds is 3. The summed E-state index contributed by atoms with van der Waals surface area (Å²) in [4.78, 5) is 17.9. The Morgan fingerprint density at radius 3 is 2.84 bits per heavy atom. The van der Waals surface area contributed by atoms with E-state index in [0.29, 0.717) is 48.5 Å². The van der Waals surface area contributed by atoms with Crippen LogP contribution in [0.1, 0.15) is 56.0 Å². The van der Waals surface area contributed by atoms with Gasteiger partial charge in [0.25, 0.3) is 5.56 Å². The van der Waals surface area contributed by atoms with Gasteiger partial charge in [-0.25, -0.2) is 4.99 Å². The number of nitrogens with one attached hydrogen (secondary N) is 1. The van der Waals surface area contributed by atoms with E-state index in [1.807, 2.05) is 23.7 Å². The van der Waals surface area contributed by atoms with Crippen molar-refractivity contribution in [2.24, 2.45) is 4.99 Å². The summed E-state index contributed by atoms with van der Waals surface area (Å²) >= 11 is 1.57. The molecule has 1 fully saturated rings. The molecular formula is C22H27N3O5S. The van der Waals surface area contributed by atoms with E-state index >= 15 is 0 Å². The van der Waals surface area contributed by atoms with E-state index in [2.05, 4.69) is 18.9 Å². The molecule has 3 aliphatic rings. The van der Waals surface area contributed by atoms with Gasteiger partial charge in [-0.05, 0) is 51.3 Å². The van der Waals surface area contributed by atoms with Gasteiger partial charge >= 0.3 is 0 Å². The Balaban J connectivity index is 1.60. The Labute approximate surface area is 184 Å². The highest BCUT2D eigenvalue weighted by molar-refractivity contribution is 8.14. The molecule has 31 heavy (non-hydrogen) atoms. The molecule has 2 atom stereocenters. The molecule has 0 bridgehead atoms. The lowest BCUT2D eigenvalue weighted by atomic mass is 9.94. The Kier molecular flexibility index (Phi) is 5.05. The highest BCUT2D eigenvalue weighted by Gasteiger charge is 2.36. The van der Waals surface area contributed by atoms with Crippen LogP contribution in [0, 0.1) is 0 Å². The van der Waals surface area contributed by atoms with Gasteiger partial charge in [0.2, 0.25) is 5.75 Å². The number of hydrogen-bond donors (Lipinski definition) is 1. The predicted octanol–water partition coefficient (Wildman–Crippen LogP) is 3.97. The fourth-order valence-electron chi connectivity index (χ4n) is 4.57. The summed E-state index contributed by atoms with van der Waals surface area (Å²) in [7, 11) is 1.61. The molecule has 1 aromatic carbocycles. The van der Waals surface area contributed by atoms with Gasteiger partial charge in [-0.2, -0.15) is 0 Å². The molecule has 8 nitrogen and oxygen atoms in total. The summed E-state index contributed by atoms with van der Waals surface area (Å²) in [5.41, 5.74) is 1.25. The summed E-state index contributed by atoms with van der Waals surface area (Å²) in [6.07, 6.45) is 1.65. The zero-order chi connectivity index (χ0) is 21.8. The van der Waals surface area contributed by atoms with Crippen LogP contribution in [0.4, 0.5) is 5.82 Å². The van der Waals surface area contributed by atoms with Crippen LogP contribution in [0.2, 0.25) is 0 Å². The second-order valence-electron chi connectivity index (χ2n) is 8.68. The second-order valence-corrected chi connectivity index (χ2v) is 9.98. The van der Waals surface area contributed by atoms with E-state index in [1.54, 1.807) is 18.9 Å². The Morgan fingerprint density at radius 1 is 1.26 bits per heavy atom. The number of aliphatic imine (C=N–C) groups is 1. The van der Waals surface area contributed by atoms with E-state index in [4.69, 9.17) is 23.9 Å². The Morgan fingerprint density at radius 2 is 2.06 bits per heavy atom. The van der Waals surface area contributed by atoms with Crippen molar-refractivity contribution in [2.75, 3.05) is 26.9 Å². The molecule has 1 saturated heterocycles. The van der Waals surface area contributed by atoms with Crippen molar-refractivity contribution in [1.29, 1.82) is 0 Å². The lowest BCUT2D eigenvalue weighted by Gasteiger charge is -2.36. The molecule has 1 N–H and O–H groups in total. The molecule has 9 heteroatoms. The molecule has 3 aliphatic heterocycles. The molecule has 5 rings (SSSR count). The maximum Gasteiger partial charge on any atom is 0.271 e. The normalized spacial score (nSPS) is 24.3. The van der Waals surface area contributed by atoms with Crippen molar-refractivity contribution < 1.29 is 18.9 Å².